The van der Waals surface area contributed by atoms with E-state index in [1.165, 1.54) is 28.9 Å². The number of primary amides is 1. The number of aryl methyl sites for hydroxylation is 1. The number of aliphatic hydroxyl groups excluding tert-OH is 1. The third kappa shape index (κ3) is 9.87. The van der Waals surface area contributed by atoms with Gasteiger partial charge in [0.15, 0.2) is 23.0 Å². The number of fused-ring (bicyclic) bond motifs is 2. The highest BCUT2D eigenvalue weighted by molar-refractivity contribution is 6.34. The van der Waals surface area contributed by atoms with Crippen LogP contribution in [0.4, 0.5) is 17.6 Å². The predicted molar refractivity (Wildman–Crippen MR) is 272 cm³/mol. The molecule has 0 bridgehead atoms. The van der Waals surface area contributed by atoms with E-state index in [0.29, 0.717) is 63.3 Å². The van der Waals surface area contributed by atoms with Crippen LogP contribution in [0.3, 0.4) is 0 Å². The first kappa shape index (κ1) is 52.4. The Morgan fingerprint density at radius 3 is 2.31 bits per heavy atom. The zero-order valence-corrected chi connectivity index (χ0v) is 42.8. The zero-order valence-electron chi connectivity index (χ0n) is 42.0. The molecule has 19 heteroatoms. The molecular formula is C56H62ClF4N7O7. The second-order valence-electron chi connectivity index (χ2n) is 21.0. The number of piperidine rings is 3. The minimum absolute atomic E-state index is 0.0342. The zero-order chi connectivity index (χ0) is 52.9. The van der Waals surface area contributed by atoms with Gasteiger partial charge in [0, 0.05) is 91.2 Å². The first-order chi connectivity index (χ1) is 36.1. The molecule has 5 heterocycles. The third-order valence-electron chi connectivity index (χ3n) is 16.7. The Balaban J connectivity index is 0.739. The number of likely N-dealkylation sites (tertiary alicyclic amines) is 2. The lowest BCUT2D eigenvalue weighted by molar-refractivity contribution is -0.138. The minimum Gasteiger partial charge on any atom is -0.488 e. The van der Waals surface area contributed by atoms with E-state index in [2.05, 4.69) is 20.6 Å². The Morgan fingerprint density at radius 1 is 0.907 bits per heavy atom. The number of benzene rings is 4. The molecule has 4 fully saturated rings. The number of nitrogens with one attached hydrogen (secondary N) is 2. The molecule has 10 rings (SSSR count). The lowest BCUT2D eigenvalue weighted by Gasteiger charge is -2.40. The van der Waals surface area contributed by atoms with Crippen LogP contribution in [-0.2, 0) is 27.0 Å². The van der Waals surface area contributed by atoms with Gasteiger partial charge in [-0.25, -0.2) is 17.6 Å². The van der Waals surface area contributed by atoms with Gasteiger partial charge in [0.25, 0.3) is 0 Å². The van der Waals surface area contributed by atoms with Gasteiger partial charge in [0.2, 0.25) is 23.6 Å². The van der Waals surface area contributed by atoms with Gasteiger partial charge >= 0.3 is 0 Å². The molecule has 3 atom stereocenters. The third-order valence-corrected chi connectivity index (χ3v) is 17.1. The van der Waals surface area contributed by atoms with Crippen molar-refractivity contribution in [3.8, 4) is 22.6 Å². The van der Waals surface area contributed by atoms with Gasteiger partial charge in [-0.15, -0.1) is 0 Å². The summed E-state index contributed by atoms with van der Waals surface area (Å²) in [6.45, 7) is 5.13. The summed E-state index contributed by atoms with van der Waals surface area (Å²) in [5.74, 6) is -6.32. The number of carbonyl (C=O) groups is 4. The fourth-order valence-electron chi connectivity index (χ4n) is 12.7. The van der Waals surface area contributed by atoms with E-state index in [0.717, 1.165) is 37.8 Å². The molecule has 4 amide bonds. The predicted octanol–water partition coefficient (Wildman–Crippen LogP) is 8.10. The number of hydrogen-bond donors (Lipinski definition) is 4. The SMILES string of the molecule is CC1c2c(cc(F)c(Cl)c2-c2c(C(N)=O)ccc(OCCO)c2F)OC1(CNC1CCC(C(=O)N2CCC(CN3CCC(c4c(F)cc5c(C6CCC(=O)NC6=O)nn(C)c5c4F)CC3)CC2)CC1)c1ccccc1. The quantitative estimate of drug-likeness (QED) is 0.0627. The number of rotatable bonds is 14. The molecule has 1 aliphatic carbocycles. The maximum atomic E-state index is 16.5. The van der Waals surface area contributed by atoms with Crippen molar-refractivity contribution in [1.82, 2.24) is 30.2 Å². The summed E-state index contributed by atoms with van der Waals surface area (Å²) >= 11 is 6.72. The molecule has 398 valence electrons. The molecule has 3 saturated heterocycles. The van der Waals surface area contributed by atoms with Gasteiger partial charge in [-0.2, -0.15) is 5.10 Å². The van der Waals surface area contributed by atoms with E-state index in [4.69, 9.17) is 26.8 Å². The van der Waals surface area contributed by atoms with E-state index >= 15 is 17.6 Å². The Hall–Kier alpha value is -6.08. The fourth-order valence-corrected chi connectivity index (χ4v) is 12.9. The monoisotopic (exact) mass is 1060 g/mol. The first-order valence-electron chi connectivity index (χ1n) is 26.1. The number of carbonyl (C=O) groups excluding carboxylic acids is 4. The smallest absolute Gasteiger partial charge is 0.249 e. The number of nitrogens with zero attached hydrogens (tertiary/aromatic N) is 4. The van der Waals surface area contributed by atoms with Gasteiger partial charge in [0.1, 0.15) is 29.5 Å². The van der Waals surface area contributed by atoms with Crippen LogP contribution in [0.2, 0.25) is 5.02 Å². The fraction of sp³-hybridized carbons (Fsp3) is 0.482. The molecule has 1 saturated carbocycles. The topological polar surface area (TPSA) is 181 Å². The maximum absolute atomic E-state index is 16.5. The van der Waals surface area contributed by atoms with Crippen LogP contribution in [0.5, 0.6) is 11.5 Å². The van der Waals surface area contributed by atoms with E-state index in [1.807, 2.05) is 42.2 Å². The Kier molecular flexibility index (Phi) is 15.0. The number of halogens is 5. The Morgan fingerprint density at radius 2 is 1.63 bits per heavy atom. The lowest BCUT2D eigenvalue weighted by Crippen LogP contribution is -2.49. The van der Waals surface area contributed by atoms with E-state index in [9.17, 15) is 24.3 Å². The summed E-state index contributed by atoms with van der Waals surface area (Å²) in [5.41, 5.74) is 5.67. The Labute approximate surface area is 437 Å². The van der Waals surface area contributed by atoms with Gasteiger partial charge in [-0.3, -0.25) is 29.2 Å². The average Bonchev–Trinajstić information content (AvgIpc) is 3.88. The second kappa shape index (κ2) is 21.5. The summed E-state index contributed by atoms with van der Waals surface area (Å²) in [6.07, 6.45) is 6.16. The van der Waals surface area contributed by atoms with Crippen molar-refractivity contribution in [2.75, 3.05) is 52.5 Å². The number of nitrogens with two attached hydrogens (primary N) is 1. The van der Waals surface area contributed by atoms with Crippen molar-refractivity contribution in [2.24, 2.45) is 24.6 Å². The van der Waals surface area contributed by atoms with E-state index in [1.54, 1.807) is 7.05 Å². The molecule has 5 aliphatic rings. The molecule has 4 aliphatic heterocycles. The maximum Gasteiger partial charge on any atom is 0.249 e. The van der Waals surface area contributed by atoms with Crippen molar-refractivity contribution in [2.45, 2.75) is 101 Å². The van der Waals surface area contributed by atoms with Crippen molar-refractivity contribution >= 4 is 46.1 Å². The lowest BCUT2D eigenvalue weighted by atomic mass is 9.77. The van der Waals surface area contributed by atoms with Crippen molar-refractivity contribution < 1.29 is 51.3 Å². The van der Waals surface area contributed by atoms with Crippen LogP contribution in [0, 0.1) is 35.1 Å². The number of aliphatic hydroxyl groups is 1. The first-order valence-corrected chi connectivity index (χ1v) is 26.5. The van der Waals surface area contributed by atoms with Gasteiger partial charge in [-0.1, -0.05) is 48.9 Å². The molecule has 5 N–H and O–H groups in total. The highest BCUT2D eigenvalue weighted by atomic mass is 35.5. The molecule has 3 unspecified atom stereocenters. The number of ether oxygens (including phenoxy) is 2. The molecule has 14 nitrogen and oxygen atoms in total. The molecule has 75 heavy (non-hydrogen) atoms. The highest BCUT2D eigenvalue weighted by Gasteiger charge is 2.50. The number of hydrogen-bond acceptors (Lipinski definition) is 10. The molecule has 0 spiro atoms. The minimum atomic E-state index is -1.13. The largest absolute Gasteiger partial charge is 0.488 e. The van der Waals surface area contributed by atoms with E-state index < -0.39 is 64.1 Å². The molecule has 1 aromatic heterocycles. The second-order valence-corrected chi connectivity index (χ2v) is 21.4. The van der Waals surface area contributed by atoms with Crippen LogP contribution in [0.1, 0.15) is 122 Å². The van der Waals surface area contributed by atoms with Crippen molar-refractivity contribution in [3.05, 3.63) is 111 Å². The van der Waals surface area contributed by atoms with Crippen LogP contribution >= 0.6 is 11.6 Å². The van der Waals surface area contributed by atoms with Crippen LogP contribution < -0.4 is 25.8 Å². The average molecular weight is 1060 g/mol. The normalized spacial score (nSPS) is 23.8. The summed E-state index contributed by atoms with van der Waals surface area (Å²) in [7, 11) is 1.58. The summed E-state index contributed by atoms with van der Waals surface area (Å²) < 4.78 is 78.1. The van der Waals surface area contributed by atoms with E-state index in [-0.39, 0.29) is 106 Å². The van der Waals surface area contributed by atoms with Crippen LogP contribution in [0.25, 0.3) is 22.0 Å². The molecule has 4 aromatic carbocycles. The number of aromatic nitrogens is 2. The summed E-state index contributed by atoms with van der Waals surface area (Å²) in [5, 5.41) is 19.7. The van der Waals surface area contributed by atoms with Gasteiger partial charge < -0.3 is 35.4 Å². The molecule has 5 aromatic rings. The Bertz CT molecular complexity index is 3030. The van der Waals surface area contributed by atoms with Crippen molar-refractivity contribution in [3.63, 3.8) is 0 Å². The van der Waals surface area contributed by atoms with Gasteiger partial charge in [-0.05, 0) is 106 Å². The molecule has 0 radical (unpaired) electrons. The number of imide groups is 1. The molecular weight excluding hydrogens is 994 g/mol. The van der Waals surface area contributed by atoms with Gasteiger partial charge in [0.05, 0.1) is 28.8 Å². The van der Waals surface area contributed by atoms with Crippen LogP contribution in [0.15, 0.2) is 54.6 Å². The standard InChI is InChI=1S/C56H62ClF4N7O7/c1-30-44-42(27-40(59)48(57)47(44)46-36(53(62)71)12-14-41(49(46)60)74-25-24-69)75-56(30,34-6-4-3-5-7-34)29-63-35-10-8-33(9-11-35)55(73)68-22-16-31(17-23-68)28-67-20-18-32(19-21-67)45-39(58)26-38-51(65-66(2)52(38)50(45)61)37-13-15-43(70)64-54(37)72/h3-7,12,14,26-27,30-33,35,37,63,69H,8-11,13,15-25,28-29H2,1-2H3,(H2,62,71)(H,64,70,72). The summed E-state index contributed by atoms with van der Waals surface area (Å²) in [6, 6.07) is 14.5. The summed E-state index contributed by atoms with van der Waals surface area (Å²) in [4.78, 5) is 55.5. The number of amides is 4. The van der Waals surface area contributed by atoms with Crippen molar-refractivity contribution in [1.29, 1.82) is 0 Å². The highest BCUT2D eigenvalue weighted by Crippen LogP contribution is 2.57. The van der Waals surface area contributed by atoms with Crippen LogP contribution in [-0.4, -0.2) is 107 Å².